The van der Waals surface area contributed by atoms with Crippen LogP contribution in [0.4, 0.5) is 0 Å². The largest absolute Gasteiger partial charge is 0.394 e. The van der Waals surface area contributed by atoms with Crippen LogP contribution in [0, 0.1) is 0 Å². The highest BCUT2D eigenvalue weighted by Crippen LogP contribution is 2.10. The van der Waals surface area contributed by atoms with E-state index in [4.69, 9.17) is 10.8 Å². The van der Waals surface area contributed by atoms with E-state index in [1.165, 1.54) is 6.42 Å². The average molecular weight is 245 g/mol. The van der Waals surface area contributed by atoms with Crippen molar-refractivity contribution < 1.29 is 10.2 Å². The molecule has 5 nitrogen and oxygen atoms in total. The van der Waals surface area contributed by atoms with Gasteiger partial charge in [-0.15, -0.1) is 0 Å². The molecule has 0 aromatic heterocycles. The molecule has 0 spiro atoms. The molecule has 1 aliphatic rings. The van der Waals surface area contributed by atoms with Crippen molar-refractivity contribution in [2.75, 3.05) is 45.9 Å². The summed E-state index contributed by atoms with van der Waals surface area (Å²) < 4.78 is 0. The number of aliphatic hydroxyl groups excluding tert-OH is 2. The minimum atomic E-state index is -0.609. The van der Waals surface area contributed by atoms with Crippen molar-refractivity contribution in [3.63, 3.8) is 0 Å². The Morgan fingerprint density at radius 1 is 1.24 bits per heavy atom. The van der Waals surface area contributed by atoms with Crippen LogP contribution in [0.5, 0.6) is 0 Å². The van der Waals surface area contributed by atoms with E-state index in [2.05, 4.69) is 16.7 Å². The molecule has 1 saturated heterocycles. The summed E-state index contributed by atoms with van der Waals surface area (Å²) in [5, 5.41) is 18.2. The van der Waals surface area contributed by atoms with Crippen LogP contribution in [0.1, 0.15) is 19.8 Å². The van der Waals surface area contributed by atoms with Crippen LogP contribution >= 0.6 is 0 Å². The second kappa shape index (κ2) is 8.00. The van der Waals surface area contributed by atoms with Gasteiger partial charge in [0, 0.05) is 45.3 Å². The summed E-state index contributed by atoms with van der Waals surface area (Å²) in [5.41, 5.74) is 5.80. The number of hydrogen-bond donors (Lipinski definition) is 3. The van der Waals surface area contributed by atoms with Gasteiger partial charge in [0.25, 0.3) is 0 Å². The molecule has 0 bridgehead atoms. The second-order valence-corrected chi connectivity index (χ2v) is 4.85. The zero-order chi connectivity index (χ0) is 12.7. The minimum absolute atomic E-state index is 0.151. The fourth-order valence-corrected chi connectivity index (χ4v) is 2.45. The minimum Gasteiger partial charge on any atom is -0.394 e. The van der Waals surface area contributed by atoms with Crippen LogP contribution < -0.4 is 5.73 Å². The summed E-state index contributed by atoms with van der Waals surface area (Å²) >= 11 is 0. The fraction of sp³-hybridized carbons (Fsp3) is 1.00. The van der Waals surface area contributed by atoms with Gasteiger partial charge in [-0.25, -0.2) is 0 Å². The lowest BCUT2D eigenvalue weighted by Crippen LogP contribution is -2.53. The van der Waals surface area contributed by atoms with Crippen molar-refractivity contribution in [3.8, 4) is 0 Å². The van der Waals surface area contributed by atoms with Crippen LogP contribution in [-0.4, -0.2) is 78.0 Å². The maximum atomic E-state index is 9.39. The predicted octanol–water partition coefficient (Wildman–Crippen LogP) is -0.915. The zero-order valence-electron chi connectivity index (χ0n) is 10.9. The molecule has 0 aliphatic carbocycles. The molecule has 2 unspecified atom stereocenters. The standard InChI is InChI=1S/C12H27N3O2/c1-2-3-11(8-13)15-6-4-14(5-7-15)9-12(17)10-16/h11-12,16-17H,2-10,13H2,1H3. The van der Waals surface area contributed by atoms with Gasteiger partial charge < -0.3 is 15.9 Å². The molecule has 0 radical (unpaired) electrons. The Morgan fingerprint density at radius 2 is 1.88 bits per heavy atom. The summed E-state index contributed by atoms with van der Waals surface area (Å²) in [4.78, 5) is 4.65. The topological polar surface area (TPSA) is 73.0 Å². The first-order chi connectivity index (χ1) is 8.21. The molecule has 17 heavy (non-hydrogen) atoms. The summed E-state index contributed by atoms with van der Waals surface area (Å²) in [6.45, 7) is 7.28. The van der Waals surface area contributed by atoms with Gasteiger partial charge in [-0.1, -0.05) is 13.3 Å². The van der Waals surface area contributed by atoms with E-state index in [0.29, 0.717) is 12.6 Å². The molecule has 0 amide bonds. The first kappa shape index (κ1) is 14.9. The molecule has 0 aromatic rings. The molecule has 4 N–H and O–H groups in total. The van der Waals surface area contributed by atoms with Gasteiger partial charge in [0.15, 0.2) is 0 Å². The molecule has 0 saturated carbocycles. The molecule has 1 aliphatic heterocycles. The molecular formula is C12H27N3O2. The third-order valence-corrected chi connectivity index (χ3v) is 3.50. The first-order valence-electron chi connectivity index (χ1n) is 6.66. The normalized spacial score (nSPS) is 22.6. The third kappa shape index (κ3) is 4.89. The third-order valence-electron chi connectivity index (χ3n) is 3.50. The molecule has 0 aromatic carbocycles. The summed E-state index contributed by atoms with van der Waals surface area (Å²) in [5.74, 6) is 0. The van der Waals surface area contributed by atoms with Crippen LogP contribution in [0.3, 0.4) is 0 Å². The van der Waals surface area contributed by atoms with Crippen molar-refractivity contribution >= 4 is 0 Å². The molecule has 2 atom stereocenters. The second-order valence-electron chi connectivity index (χ2n) is 4.85. The lowest BCUT2D eigenvalue weighted by Gasteiger charge is -2.39. The Bertz CT molecular complexity index is 196. The Morgan fingerprint density at radius 3 is 2.35 bits per heavy atom. The molecule has 1 fully saturated rings. The zero-order valence-corrected chi connectivity index (χ0v) is 10.9. The van der Waals surface area contributed by atoms with Gasteiger partial charge in [0.2, 0.25) is 0 Å². The van der Waals surface area contributed by atoms with Crippen LogP contribution in [0.15, 0.2) is 0 Å². The van der Waals surface area contributed by atoms with E-state index in [1.807, 2.05) is 0 Å². The molecule has 1 heterocycles. The van der Waals surface area contributed by atoms with Crippen molar-refractivity contribution in [3.05, 3.63) is 0 Å². The first-order valence-corrected chi connectivity index (χ1v) is 6.66. The van der Waals surface area contributed by atoms with Crippen LogP contribution in [-0.2, 0) is 0 Å². The summed E-state index contributed by atoms with van der Waals surface area (Å²) in [6, 6.07) is 0.505. The monoisotopic (exact) mass is 245 g/mol. The highest BCUT2D eigenvalue weighted by atomic mass is 16.3. The molecule has 102 valence electrons. The van der Waals surface area contributed by atoms with Gasteiger partial charge in [0.05, 0.1) is 12.7 Å². The van der Waals surface area contributed by atoms with E-state index in [0.717, 1.165) is 39.1 Å². The van der Waals surface area contributed by atoms with E-state index in [1.54, 1.807) is 0 Å². The predicted molar refractivity (Wildman–Crippen MR) is 68.9 cm³/mol. The number of nitrogens with zero attached hydrogens (tertiary/aromatic N) is 2. The Hall–Kier alpha value is -0.200. The Balaban J connectivity index is 2.29. The molecule has 1 rings (SSSR count). The van der Waals surface area contributed by atoms with Gasteiger partial charge in [-0.05, 0) is 6.42 Å². The molecular weight excluding hydrogens is 218 g/mol. The van der Waals surface area contributed by atoms with Crippen molar-refractivity contribution in [2.45, 2.75) is 31.9 Å². The van der Waals surface area contributed by atoms with Crippen molar-refractivity contribution in [2.24, 2.45) is 5.73 Å². The molecule has 5 heteroatoms. The highest BCUT2D eigenvalue weighted by molar-refractivity contribution is 4.79. The van der Waals surface area contributed by atoms with Crippen LogP contribution in [0.2, 0.25) is 0 Å². The van der Waals surface area contributed by atoms with E-state index in [9.17, 15) is 5.11 Å². The van der Waals surface area contributed by atoms with Gasteiger partial charge >= 0.3 is 0 Å². The SMILES string of the molecule is CCCC(CN)N1CCN(CC(O)CO)CC1. The number of piperazine rings is 1. The number of aliphatic hydroxyl groups is 2. The fourth-order valence-electron chi connectivity index (χ4n) is 2.45. The number of rotatable bonds is 7. The summed E-state index contributed by atoms with van der Waals surface area (Å²) in [6.07, 6.45) is 1.73. The number of nitrogens with two attached hydrogens (primary N) is 1. The highest BCUT2D eigenvalue weighted by Gasteiger charge is 2.23. The summed E-state index contributed by atoms with van der Waals surface area (Å²) in [7, 11) is 0. The Kier molecular flexibility index (Phi) is 6.99. The number of β-amino-alcohol motifs (C(OH)–C–C–N with tert-alkyl or cyclic N) is 1. The van der Waals surface area contributed by atoms with Crippen molar-refractivity contribution in [1.82, 2.24) is 9.80 Å². The lowest BCUT2D eigenvalue weighted by atomic mass is 10.1. The number of hydrogen-bond acceptors (Lipinski definition) is 5. The van der Waals surface area contributed by atoms with E-state index < -0.39 is 6.10 Å². The maximum absolute atomic E-state index is 9.39. The maximum Gasteiger partial charge on any atom is 0.0897 e. The van der Waals surface area contributed by atoms with E-state index >= 15 is 0 Å². The van der Waals surface area contributed by atoms with Gasteiger partial charge in [-0.2, -0.15) is 0 Å². The van der Waals surface area contributed by atoms with E-state index in [-0.39, 0.29) is 6.61 Å². The van der Waals surface area contributed by atoms with Gasteiger partial charge in [-0.3, -0.25) is 9.80 Å². The Labute approximate surface area is 104 Å². The van der Waals surface area contributed by atoms with Gasteiger partial charge in [0.1, 0.15) is 0 Å². The van der Waals surface area contributed by atoms with Crippen molar-refractivity contribution in [1.29, 1.82) is 0 Å². The lowest BCUT2D eigenvalue weighted by molar-refractivity contribution is 0.0308. The smallest absolute Gasteiger partial charge is 0.0897 e. The average Bonchev–Trinajstić information content (AvgIpc) is 2.37. The quantitative estimate of drug-likeness (QED) is 0.541. The van der Waals surface area contributed by atoms with Crippen LogP contribution in [0.25, 0.3) is 0 Å².